The van der Waals surface area contributed by atoms with Crippen molar-refractivity contribution in [2.75, 3.05) is 6.61 Å². The molecule has 0 saturated carbocycles. The van der Waals surface area contributed by atoms with Gasteiger partial charge in [-0.1, -0.05) is 20.4 Å². The molecular weight excluding hydrogens is 310 g/mol. The standard InChI is InChI=1S/C18H33NO5/c1-7-15(20)24-17(5,8-2)11-14(18(6,22)9-3)12-23-16(21)10-13(4)19/h7,13-14,22H,1,8-12,19H2,2-6H3. The molecule has 140 valence electrons. The zero-order valence-corrected chi connectivity index (χ0v) is 15.6. The molecule has 6 heteroatoms. The Morgan fingerprint density at radius 1 is 1.29 bits per heavy atom. The van der Waals surface area contributed by atoms with Crippen LogP contribution in [0.2, 0.25) is 0 Å². The van der Waals surface area contributed by atoms with E-state index in [4.69, 9.17) is 15.2 Å². The Morgan fingerprint density at radius 3 is 2.29 bits per heavy atom. The molecule has 0 heterocycles. The highest BCUT2D eigenvalue weighted by atomic mass is 16.6. The van der Waals surface area contributed by atoms with Gasteiger partial charge in [-0.3, -0.25) is 4.79 Å². The topological polar surface area (TPSA) is 98.9 Å². The maximum Gasteiger partial charge on any atom is 0.330 e. The molecular formula is C18H33NO5. The summed E-state index contributed by atoms with van der Waals surface area (Å²) in [5, 5.41) is 10.7. The number of carbonyl (C=O) groups excluding carboxylic acids is 2. The smallest absolute Gasteiger partial charge is 0.330 e. The van der Waals surface area contributed by atoms with Crippen LogP contribution >= 0.6 is 0 Å². The van der Waals surface area contributed by atoms with E-state index in [0.717, 1.165) is 6.08 Å². The molecule has 0 aromatic carbocycles. The van der Waals surface area contributed by atoms with Gasteiger partial charge in [0.1, 0.15) is 5.60 Å². The quantitative estimate of drug-likeness (QED) is 0.441. The van der Waals surface area contributed by atoms with Gasteiger partial charge in [-0.15, -0.1) is 0 Å². The highest BCUT2D eigenvalue weighted by molar-refractivity contribution is 5.81. The van der Waals surface area contributed by atoms with Crippen molar-refractivity contribution in [3.63, 3.8) is 0 Å². The second-order valence-electron chi connectivity index (χ2n) is 6.90. The third-order valence-corrected chi connectivity index (χ3v) is 4.47. The van der Waals surface area contributed by atoms with Crippen LogP contribution in [0.5, 0.6) is 0 Å². The zero-order valence-electron chi connectivity index (χ0n) is 15.6. The first kappa shape index (κ1) is 22.6. The number of hydrogen-bond acceptors (Lipinski definition) is 6. The lowest BCUT2D eigenvalue weighted by Crippen LogP contribution is -2.44. The molecule has 24 heavy (non-hydrogen) atoms. The monoisotopic (exact) mass is 343 g/mol. The first-order valence-corrected chi connectivity index (χ1v) is 8.48. The average molecular weight is 343 g/mol. The molecule has 6 nitrogen and oxygen atoms in total. The van der Waals surface area contributed by atoms with Crippen LogP contribution in [0, 0.1) is 5.92 Å². The van der Waals surface area contributed by atoms with Gasteiger partial charge >= 0.3 is 11.9 Å². The van der Waals surface area contributed by atoms with E-state index in [1.807, 2.05) is 13.8 Å². The molecule has 0 aliphatic heterocycles. The Labute approximate surface area is 145 Å². The molecule has 0 aromatic rings. The summed E-state index contributed by atoms with van der Waals surface area (Å²) in [6, 6.07) is -0.280. The van der Waals surface area contributed by atoms with Crippen LogP contribution in [0.15, 0.2) is 12.7 Å². The fraction of sp³-hybridized carbons (Fsp3) is 0.778. The maximum absolute atomic E-state index is 11.7. The van der Waals surface area contributed by atoms with E-state index < -0.39 is 23.1 Å². The van der Waals surface area contributed by atoms with Crippen molar-refractivity contribution >= 4 is 11.9 Å². The summed E-state index contributed by atoms with van der Waals surface area (Å²) < 4.78 is 10.7. The summed E-state index contributed by atoms with van der Waals surface area (Å²) in [5.41, 5.74) is 3.76. The van der Waals surface area contributed by atoms with Gasteiger partial charge in [0.25, 0.3) is 0 Å². The molecule has 0 saturated heterocycles. The fourth-order valence-corrected chi connectivity index (χ4v) is 2.33. The molecule has 0 amide bonds. The summed E-state index contributed by atoms with van der Waals surface area (Å²) in [7, 11) is 0. The van der Waals surface area contributed by atoms with E-state index in [2.05, 4.69) is 6.58 Å². The number of nitrogens with two attached hydrogens (primary N) is 1. The predicted molar refractivity (Wildman–Crippen MR) is 93.2 cm³/mol. The van der Waals surface area contributed by atoms with E-state index in [9.17, 15) is 14.7 Å². The van der Waals surface area contributed by atoms with Crippen molar-refractivity contribution in [3.05, 3.63) is 12.7 Å². The van der Waals surface area contributed by atoms with Crippen LogP contribution < -0.4 is 5.73 Å². The number of ether oxygens (including phenoxy) is 2. The summed E-state index contributed by atoms with van der Waals surface area (Å²) in [5.74, 6) is -1.28. The van der Waals surface area contributed by atoms with Gasteiger partial charge in [-0.05, 0) is 40.0 Å². The van der Waals surface area contributed by atoms with Crippen molar-refractivity contribution in [3.8, 4) is 0 Å². The van der Waals surface area contributed by atoms with E-state index in [1.165, 1.54) is 0 Å². The van der Waals surface area contributed by atoms with Gasteiger partial charge in [0, 0.05) is 18.0 Å². The highest BCUT2D eigenvalue weighted by Crippen LogP contribution is 2.33. The van der Waals surface area contributed by atoms with E-state index in [0.29, 0.717) is 19.3 Å². The predicted octanol–water partition coefficient (Wildman–Crippen LogP) is 2.33. The SMILES string of the molecule is C=CC(=O)OC(C)(CC)CC(COC(=O)CC(C)N)C(C)(O)CC. The lowest BCUT2D eigenvalue weighted by atomic mass is 9.78. The minimum Gasteiger partial charge on any atom is -0.465 e. The first-order valence-electron chi connectivity index (χ1n) is 8.48. The van der Waals surface area contributed by atoms with Crippen molar-refractivity contribution in [1.29, 1.82) is 0 Å². The van der Waals surface area contributed by atoms with Crippen LogP contribution in [0.1, 0.15) is 60.3 Å². The number of hydrogen-bond donors (Lipinski definition) is 2. The molecule has 4 atom stereocenters. The summed E-state index contributed by atoms with van der Waals surface area (Å²) in [6.45, 7) is 12.4. The van der Waals surface area contributed by atoms with Crippen LogP contribution in [-0.2, 0) is 19.1 Å². The largest absolute Gasteiger partial charge is 0.465 e. The lowest BCUT2D eigenvalue weighted by Gasteiger charge is -2.38. The molecule has 3 N–H and O–H groups in total. The highest BCUT2D eigenvalue weighted by Gasteiger charge is 2.38. The van der Waals surface area contributed by atoms with Crippen molar-refractivity contribution in [1.82, 2.24) is 0 Å². The third kappa shape index (κ3) is 7.93. The third-order valence-electron chi connectivity index (χ3n) is 4.47. The van der Waals surface area contributed by atoms with E-state index in [1.54, 1.807) is 20.8 Å². The summed E-state index contributed by atoms with van der Waals surface area (Å²) >= 11 is 0. The Bertz CT molecular complexity index is 433. The minimum atomic E-state index is -1.05. The van der Waals surface area contributed by atoms with Gasteiger partial charge < -0.3 is 20.3 Å². The van der Waals surface area contributed by atoms with Crippen LogP contribution in [0.4, 0.5) is 0 Å². The lowest BCUT2D eigenvalue weighted by molar-refractivity contribution is -0.162. The molecule has 0 aromatic heterocycles. The molecule has 0 rings (SSSR count). The molecule has 0 spiro atoms. The fourth-order valence-electron chi connectivity index (χ4n) is 2.33. The van der Waals surface area contributed by atoms with E-state index >= 15 is 0 Å². The maximum atomic E-state index is 11.7. The first-order chi connectivity index (χ1) is 11.0. The van der Waals surface area contributed by atoms with Gasteiger partial charge in [0.05, 0.1) is 18.6 Å². The van der Waals surface area contributed by atoms with Crippen molar-refractivity contribution < 1.29 is 24.2 Å². The van der Waals surface area contributed by atoms with Gasteiger partial charge in [-0.25, -0.2) is 4.79 Å². The second kappa shape index (κ2) is 9.79. The van der Waals surface area contributed by atoms with Gasteiger partial charge in [0.15, 0.2) is 0 Å². The second-order valence-corrected chi connectivity index (χ2v) is 6.90. The number of carbonyl (C=O) groups is 2. The molecule has 0 radical (unpaired) electrons. The molecule has 0 bridgehead atoms. The molecule has 0 fully saturated rings. The molecule has 4 unspecified atom stereocenters. The van der Waals surface area contributed by atoms with Gasteiger partial charge in [-0.2, -0.15) is 0 Å². The Kier molecular flexibility index (Phi) is 9.22. The number of esters is 2. The van der Waals surface area contributed by atoms with Crippen LogP contribution in [0.25, 0.3) is 0 Å². The van der Waals surface area contributed by atoms with Gasteiger partial charge in [0.2, 0.25) is 0 Å². The Balaban J connectivity index is 5.10. The summed E-state index contributed by atoms with van der Waals surface area (Å²) in [6.07, 6.45) is 2.66. The Morgan fingerprint density at radius 2 is 1.88 bits per heavy atom. The van der Waals surface area contributed by atoms with Crippen LogP contribution in [-0.4, -0.2) is 40.9 Å². The summed E-state index contributed by atoms with van der Waals surface area (Å²) in [4.78, 5) is 23.3. The van der Waals surface area contributed by atoms with Crippen molar-refractivity contribution in [2.45, 2.75) is 77.5 Å². The van der Waals surface area contributed by atoms with Crippen LogP contribution in [0.3, 0.4) is 0 Å². The molecule has 0 aliphatic carbocycles. The average Bonchev–Trinajstić information content (AvgIpc) is 2.50. The minimum absolute atomic E-state index is 0.0492. The Hall–Kier alpha value is -1.40. The number of rotatable bonds is 11. The number of aliphatic hydroxyl groups is 1. The van der Waals surface area contributed by atoms with Crippen molar-refractivity contribution in [2.24, 2.45) is 11.7 Å². The normalized spacial score (nSPS) is 18.6. The van der Waals surface area contributed by atoms with E-state index in [-0.39, 0.29) is 25.0 Å². The zero-order chi connectivity index (χ0) is 19.0. The molecule has 0 aliphatic rings.